The number of hydrogen-bond acceptors (Lipinski definition) is 4. The molecular formula is C13H14N4O. The molecule has 5 heteroatoms. The summed E-state index contributed by atoms with van der Waals surface area (Å²) in [6.07, 6.45) is 0. The van der Waals surface area contributed by atoms with E-state index in [0.29, 0.717) is 11.4 Å². The van der Waals surface area contributed by atoms with Gasteiger partial charge in [-0.1, -0.05) is 17.7 Å². The third-order valence-electron chi connectivity index (χ3n) is 2.64. The third-order valence-corrected chi connectivity index (χ3v) is 2.64. The van der Waals surface area contributed by atoms with Gasteiger partial charge in [-0.3, -0.25) is 4.79 Å². The van der Waals surface area contributed by atoms with Gasteiger partial charge in [-0.25, -0.2) is 0 Å². The molecule has 0 unspecified atom stereocenters. The zero-order chi connectivity index (χ0) is 13.0. The van der Waals surface area contributed by atoms with E-state index < -0.39 is 0 Å². The number of amides is 1. The number of nitriles is 1. The summed E-state index contributed by atoms with van der Waals surface area (Å²) >= 11 is 0. The Morgan fingerprint density at radius 1 is 1.28 bits per heavy atom. The van der Waals surface area contributed by atoms with Crippen LogP contribution in [0, 0.1) is 18.3 Å². The van der Waals surface area contributed by atoms with Crippen LogP contribution in [0.3, 0.4) is 0 Å². The van der Waals surface area contributed by atoms with Crippen molar-refractivity contribution in [2.45, 2.75) is 6.92 Å². The van der Waals surface area contributed by atoms with Crippen molar-refractivity contribution in [2.75, 3.05) is 13.1 Å². The second-order valence-corrected chi connectivity index (χ2v) is 4.04. The Hall–Kier alpha value is -2.48. The van der Waals surface area contributed by atoms with Crippen LogP contribution in [-0.2, 0) is 0 Å². The maximum atomic E-state index is 11.9. The molecule has 1 heterocycles. The molecule has 1 aromatic carbocycles. The van der Waals surface area contributed by atoms with Gasteiger partial charge in [0.1, 0.15) is 11.9 Å². The first kappa shape index (κ1) is 12.0. The van der Waals surface area contributed by atoms with Crippen molar-refractivity contribution in [1.29, 1.82) is 5.26 Å². The zero-order valence-electron chi connectivity index (χ0n) is 10.1. The molecule has 0 saturated carbocycles. The molecular weight excluding hydrogens is 228 g/mol. The fraction of sp³-hybridized carbons (Fsp3) is 0.231. The molecule has 1 amide bonds. The van der Waals surface area contributed by atoms with Crippen molar-refractivity contribution in [3.05, 3.63) is 46.9 Å². The topological polar surface area (TPSA) is 77.0 Å². The van der Waals surface area contributed by atoms with Crippen molar-refractivity contribution in [1.82, 2.24) is 16.0 Å². The van der Waals surface area contributed by atoms with Crippen molar-refractivity contribution >= 4 is 5.91 Å². The maximum absolute atomic E-state index is 11.9. The summed E-state index contributed by atoms with van der Waals surface area (Å²) in [4.78, 5) is 11.9. The molecule has 1 aliphatic heterocycles. The molecule has 1 aliphatic rings. The predicted octanol–water partition coefficient (Wildman–Crippen LogP) is 0.610. The first-order chi connectivity index (χ1) is 8.70. The lowest BCUT2D eigenvalue weighted by molar-refractivity contribution is 0.0967. The van der Waals surface area contributed by atoms with Gasteiger partial charge in [0.25, 0.3) is 5.91 Å². The smallest absolute Gasteiger partial charge is 0.256 e. The van der Waals surface area contributed by atoms with E-state index in [2.05, 4.69) is 16.0 Å². The Balaban J connectivity index is 2.13. The summed E-state index contributed by atoms with van der Waals surface area (Å²) in [6, 6.07) is 9.17. The van der Waals surface area contributed by atoms with Crippen molar-refractivity contribution in [3.8, 4) is 6.07 Å². The van der Waals surface area contributed by atoms with Gasteiger partial charge in [-0.15, -0.1) is 0 Å². The van der Waals surface area contributed by atoms with Gasteiger partial charge < -0.3 is 16.0 Å². The molecule has 0 aliphatic carbocycles. The van der Waals surface area contributed by atoms with Gasteiger partial charge in [0, 0.05) is 18.7 Å². The molecule has 0 radical (unpaired) electrons. The normalized spacial score (nSPS) is 13.2. The average Bonchev–Trinajstić information content (AvgIpc) is 2.90. The first-order valence-corrected chi connectivity index (χ1v) is 5.71. The number of aryl methyl sites for hydroxylation is 1. The highest BCUT2D eigenvalue weighted by atomic mass is 16.1. The second kappa shape index (κ2) is 5.23. The lowest BCUT2D eigenvalue weighted by Crippen LogP contribution is -2.27. The number of allylic oxidation sites excluding steroid dienone is 1. The Bertz CT molecular complexity index is 517. The molecule has 0 aromatic heterocycles. The zero-order valence-corrected chi connectivity index (χ0v) is 10.1. The minimum atomic E-state index is -0.283. The molecule has 1 fully saturated rings. The minimum absolute atomic E-state index is 0.220. The second-order valence-electron chi connectivity index (χ2n) is 4.04. The molecule has 0 spiro atoms. The van der Waals surface area contributed by atoms with Gasteiger partial charge in [0.2, 0.25) is 0 Å². The molecule has 1 aromatic rings. The number of hydrogen-bond donors (Lipinski definition) is 3. The summed E-state index contributed by atoms with van der Waals surface area (Å²) in [7, 11) is 0. The summed E-state index contributed by atoms with van der Waals surface area (Å²) in [6.45, 7) is 3.46. The Kier molecular flexibility index (Phi) is 3.49. The number of carbonyl (C=O) groups excluding carboxylic acids is 1. The molecule has 3 N–H and O–H groups in total. The fourth-order valence-electron chi connectivity index (χ4n) is 1.65. The predicted molar refractivity (Wildman–Crippen MR) is 67.3 cm³/mol. The average molecular weight is 242 g/mol. The molecule has 1 saturated heterocycles. The summed E-state index contributed by atoms with van der Waals surface area (Å²) in [5.74, 6) is 0.299. The molecule has 0 atom stereocenters. The number of benzene rings is 1. The van der Waals surface area contributed by atoms with Crippen LogP contribution >= 0.6 is 0 Å². The summed E-state index contributed by atoms with van der Waals surface area (Å²) in [5, 5.41) is 17.6. The summed E-state index contributed by atoms with van der Waals surface area (Å²) < 4.78 is 0. The SMILES string of the molecule is Cc1ccc(C(=O)NC(C#N)=C2NCCN2)cc1. The molecule has 92 valence electrons. The van der Waals surface area contributed by atoms with E-state index >= 15 is 0 Å². The van der Waals surface area contributed by atoms with Gasteiger partial charge in [-0.05, 0) is 19.1 Å². The number of carbonyl (C=O) groups is 1. The fourth-order valence-corrected chi connectivity index (χ4v) is 1.65. The van der Waals surface area contributed by atoms with E-state index in [1.807, 2.05) is 25.1 Å². The minimum Gasteiger partial charge on any atom is -0.368 e. The Labute approximate surface area is 105 Å². The first-order valence-electron chi connectivity index (χ1n) is 5.71. The summed E-state index contributed by atoms with van der Waals surface area (Å²) in [5.41, 5.74) is 1.84. The van der Waals surface area contributed by atoms with Crippen LogP contribution in [0.1, 0.15) is 15.9 Å². The van der Waals surface area contributed by atoms with Crippen LogP contribution in [-0.4, -0.2) is 19.0 Å². The van der Waals surface area contributed by atoms with E-state index in [9.17, 15) is 4.79 Å². The van der Waals surface area contributed by atoms with Gasteiger partial charge in [0.05, 0.1) is 0 Å². The third kappa shape index (κ3) is 2.61. The molecule has 5 nitrogen and oxygen atoms in total. The van der Waals surface area contributed by atoms with Crippen molar-refractivity contribution in [3.63, 3.8) is 0 Å². The largest absolute Gasteiger partial charge is 0.368 e. The number of nitrogens with one attached hydrogen (secondary N) is 3. The molecule has 18 heavy (non-hydrogen) atoms. The molecule has 0 bridgehead atoms. The van der Waals surface area contributed by atoms with Gasteiger partial charge in [-0.2, -0.15) is 5.26 Å². The standard InChI is InChI=1S/C13H14N4O/c1-9-2-4-10(5-3-9)13(18)17-11(8-14)12-15-6-7-16-12/h2-5,15-16H,6-7H2,1H3,(H,17,18). The van der Waals surface area contributed by atoms with Crippen LogP contribution in [0.15, 0.2) is 35.8 Å². The highest BCUT2D eigenvalue weighted by molar-refractivity contribution is 5.95. The van der Waals surface area contributed by atoms with Gasteiger partial charge >= 0.3 is 0 Å². The lowest BCUT2D eigenvalue weighted by atomic mass is 10.1. The molecule has 2 rings (SSSR count). The monoisotopic (exact) mass is 242 g/mol. The quantitative estimate of drug-likeness (QED) is 0.664. The van der Waals surface area contributed by atoms with E-state index in [0.717, 1.165) is 18.7 Å². The van der Waals surface area contributed by atoms with Crippen LogP contribution in [0.2, 0.25) is 0 Å². The Morgan fingerprint density at radius 2 is 1.89 bits per heavy atom. The van der Waals surface area contributed by atoms with Crippen LogP contribution < -0.4 is 16.0 Å². The van der Waals surface area contributed by atoms with E-state index in [1.165, 1.54) is 0 Å². The highest BCUT2D eigenvalue weighted by Crippen LogP contribution is 2.05. The van der Waals surface area contributed by atoms with Gasteiger partial charge in [0.15, 0.2) is 5.70 Å². The van der Waals surface area contributed by atoms with Crippen molar-refractivity contribution < 1.29 is 4.79 Å². The lowest BCUT2D eigenvalue weighted by Gasteiger charge is -2.07. The van der Waals surface area contributed by atoms with Crippen molar-refractivity contribution in [2.24, 2.45) is 0 Å². The van der Waals surface area contributed by atoms with E-state index in [-0.39, 0.29) is 11.6 Å². The van der Waals surface area contributed by atoms with Crippen LogP contribution in [0.5, 0.6) is 0 Å². The Morgan fingerprint density at radius 3 is 2.44 bits per heavy atom. The van der Waals surface area contributed by atoms with Crippen LogP contribution in [0.25, 0.3) is 0 Å². The highest BCUT2D eigenvalue weighted by Gasteiger charge is 2.14. The maximum Gasteiger partial charge on any atom is 0.256 e. The van der Waals surface area contributed by atoms with E-state index in [4.69, 9.17) is 5.26 Å². The number of rotatable bonds is 2. The number of nitrogens with zero attached hydrogens (tertiary/aromatic N) is 1. The van der Waals surface area contributed by atoms with E-state index in [1.54, 1.807) is 12.1 Å². The van der Waals surface area contributed by atoms with Crippen LogP contribution in [0.4, 0.5) is 0 Å².